The van der Waals surface area contributed by atoms with E-state index in [1.54, 1.807) is 0 Å². The average molecular weight is 377 g/mol. The van der Waals surface area contributed by atoms with Crippen LogP contribution in [0.1, 0.15) is 104 Å². The lowest BCUT2D eigenvalue weighted by Crippen LogP contribution is -2.27. The molecule has 4 nitrogen and oxygen atoms in total. The minimum atomic E-state index is 0.822. The van der Waals surface area contributed by atoms with E-state index in [9.17, 15) is 0 Å². The standard InChI is InChI=1S/C23H44N4/c1-5-9-12-13-14-15-17-24-23-25-21(16-8-4)20-22(26-23)27(18-10-6-2)19-11-7-3/h20H,5-19H2,1-4H3,(H,24,25,26). The van der Waals surface area contributed by atoms with Crippen LogP contribution in [0.3, 0.4) is 0 Å². The second-order valence-electron chi connectivity index (χ2n) is 7.68. The van der Waals surface area contributed by atoms with E-state index in [1.165, 1.54) is 69.9 Å². The molecule has 1 N–H and O–H groups in total. The molecule has 0 unspecified atom stereocenters. The van der Waals surface area contributed by atoms with Gasteiger partial charge < -0.3 is 10.2 Å². The van der Waals surface area contributed by atoms with Gasteiger partial charge in [0.2, 0.25) is 5.95 Å². The largest absolute Gasteiger partial charge is 0.356 e. The van der Waals surface area contributed by atoms with Crippen LogP contribution < -0.4 is 10.2 Å². The first-order chi connectivity index (χ1) is 13.2. The highest BCUT2D eigenvalue weighted by atomic mass is 15.2. The normalized spacial score (nSPS) is 11.0. The first kappa shape index (κ1) is 23.7. The molecule has 1 aromatic rings. The summed E-state index contributed by atoms with van der Waals surface area (Å²) in [7, 11) is 0. The Morgan fingerprint density at radius 2 is 1.37 bits per heavy atom. The van der Waals surface area contributed by atoms with Gasteiger partial charge in [-0.15, -0.1) is 0 Å². The summed E-state index contributed by atoms with van der Waals surface area (Å²) >= 11 is 0. The van der Waals surface area contributed by atoms with E-state index >= 15 is 0 Å². The van der Waals surface area contributed by atoms with Gasteiger partial charge in [0.05, 0.1) is 0 Å². The van der Waals surface area contributed by atoms with E-state index in [4.69, 9.17) is 9.97 Å². The Morgan fingerprint density at radius 3 is 2.00 bits per heavy atom. The molecule has 0 aliphatic heterocycles. The van der Waals surface area contributed by atoms with Crippen LogP contribution >= 0.6 is 0 Å². The molecule has 0 aromatic carbocycles. The van der Waals surface area contributed by atoms with Crippen LogP contribution in [0.15, 0.2) is 6.07 Å². The van der Waals surface area contributed by atoms with Gasteiger partial charge in [-0.05, 0) is 25.7 Å². The zero-order valence-electron chi connectivity index (χ0n) is 18.5. The maximum Gasteiger partial charge on any atom is 0.224 e. The second kappa shape index (κ2) is 15.7. The van der Waals surface area contributed by atoms with Gasteiger partial charge in [0.1, 0.15) is 5.82 Å². The minimum Gasteiger partial charge on any atom is -0.356 e. The fourth-order valence-electron chi connectivity index (χ4n) is 3.25. The fourth-order valence-corrected chi connectivity index (χ4v) is 3.25. The van der Waals surface area contributed by atoms with Crippen molar-refractivity contribution < 1.29 is 0 Å². The lowest BCUT2D eigenvalue weighted by Gasteiger charge is -2.24. The predicted molar refractivity (Wildman–Crippen MR) is 120 cm³/mol. The van der Waals surface area contributed by atoms with Gasteiger partial charge in [0.15, 0.2) is 0 Å². The first-order valence-corrected chi connectivity index (χ1v) is 11.6. The second-order valence-corrected chi connectivity index (χ2v) is 7.68. The molecule has 0 aliphatic carbocycles. The topological polar surface area (TPSA) is 41.1 Å². The van der Waals surface area contributed by atoms with Crippen LogP contribution in [0, 0.1) is 0 Å². The summed E-state index contributed by atoms with van der Waals surface area (Å²) in [6, 6.07) is 2.21. The summed E-state index contributed by atoms with van der Waals surface area (Å²) in [6.07, 6.45) is 14.9. The van der Waals surface area contributed by atoms with Crippen LogP contribution in [-0.2, 0) is 6.42 Å². The van der Waals surface area contributed by atoms with Crippen molar-refractivity contribution in [2.75, 3.05) is 29.9 Å². The molecule has 0 saturated carbocycles. The Morgan fingerprint density at radius 1 is 0.741 bits per heavy atom. The zero-order valence-corrected chi connectivity index (χ0v) is 18.5. The average Bonchev–Trinajstić information content (AvgIpc) is 2.67. The fraction of sp³-hybridized carbons (Fsp3) is 0.826. The predicted octanol–water partition coefficient (Wildman–Crippen LogP) is 6.61. The zero-order chi connectivity index (χ0) is 19.7. The Hall–Kier alpha value is -1.32. The van der Waals surface area contributed by atoms with E-state index in [0.717, 1.165) is 44.2 Å². The number of aromatic nitrogens is 2. The number of unbranched alkanes of at least 4 members (excludes halogenated alkanes) is 7. The van der Waals surface area contributed by atoms with Gasteiger partial charge in [0, 0.05) is 31.4 Å². The van der Waals surface area contributed by atoms with Crippen molar-refractivity contribution in [2.24, 2.45) is 0 Å². The molecule has 1 heterocycles. The van der Waals surface area contributed by atoms with Crippen molar-refractivity contribution in [1.82, 2.24) is 9.97 Å². The highest BCUT2D eigenvalue weighted by Crippen LogP contribution is 2.18. The van der Waals surface area contributed by atoms with E-state index in [0.29, 0.717) is 0 Å². The third kappa shape index (κ3) is 10.6. The van der Waals surface area contributed by atoms with Crippen molar-refractivity contribution in [3.05, 3.63) is 11.8 Å². The molecule has 0 spiro atoms. The van der Waals surface area contributed by atoms with Crippen LogP contribution in [-0.4, -0.2) is 29.6 Å². The minimum absolute atomic E-state index is 0.822. The molecular weight excluding hydrogens is 332 g/mol. The van der Waals surface area contributed by atoms with Crippen molar-refractivity contribution >= 4 is 11.8 Å². The lowest BCUT2D eigenvalue weighted by atomic mass is 10.1. The van der Waals surface area contributed by atoms with E-state index < -0.39 is 0 Å². The molecule has 0 aliphatic rings. The molecule has 0 radical (unpaired) electrons. The van der Waals surface area contributed by atoms with Crippen LogP contribution in [0.5, 0.6) is 0 Å². The molecule has 0 saturated heterocycles. The molecule has 0 amide bonds. The summed E-state index contributed by atoms with van der Waals surface area (Å²) in [4.78, 5) is 12.1. The molecule has 0 atom stereocenters. The number of rotatable bonds is 17. The van der Waals surface area contributed by atoms with Crippen molar-refractivity contribution in [2.45, 2.75) is 105 Å². The van der Waals surface area contributed by atoms with Crippen molar-refractivity contribution in [3.63, 3.8) is 0 Å². The van der Waals surface area contributed by atoms with Crippen LogP contribution in [0.2, 0.25) is 0 Å². The van der Waals surface area contributed by atoms with Gasteiger partial charge >= 0.3 is 0 Å². The molecule has 0 bridgehead atoms. The maximum absolute atomic E-state index is 4.87. The number of aryl methyl sites for hydroxylation is 1. The smallest absolute Gasteiger partial charge is 0.224 e. The Kier molecular flexibility index (Phi) is 13.8. The highest BCUT2D eigenvalue weighted by Gasteiger charge is 2.11. The van der Waals surface area contributed by atoms with Gasteiger partial charge in [-0.1, -0.05) is 79.1 Å². The summed E-state index contributed by atoms with van der Waals surface area (Å²) in [5.74, 6) is 1.93. The molecule has 27 heavy (non-hydrogen) atoms. The summed E-state index contributed by atoms with van der Waals surface area (Å²) in [5, 5.41) is 3.49. The molecule has 1 rings (SSSR count). The Balaban J connectivity index is 2.69. The van der Waals surface area contributed by atoms with Gasteiger partial charge in [-0.2, -0.15) is 4.98 Å². The molecule has 156 valence electrons. The van der Waals surface area contributed by atoms with Gasteiger partial charge in [0.25, 0.3) is 0 Å². The van der Waals surface area contributed by atoms with Crippen molar-refractivity contribution in [3.8, 4) is 0 Å². The van der Waals surface area contributed by atoms with Gasteiger partial charge in [-0.3, -0.25) is 0 Å². The van der Waals surface area contributed by atoms with E-state index in [1.807, 2.05) is 0 Å². The SMILES string of the molecule is CCCCCCCCNc1nc(CCC)cc(N(CCCC)CCCC)n1. The van der Waals surface area contributed by atoms with E-state index in [2.05, 4.69) is 44.0 Å². The number of hydrogen-bond acceptors (Lipinski definition) is 4. The molecule has 4 heteroatoms. The lowest BCUT2D eigenvalue weighted by molar-refractivity contribution is 0.616. The molecular formula is C23H44N4. The highest BCUT2D eigenvalue weighted by molar-refractivity contribution is 5.45. The van der Waals surface area contributed by atoms with Crippen LogP contribution in [0.25, 0.3) is 0 Å². The molecule has 0 fully saturated rings. The van der Waals surface area contributed by atoms with E-state index in [-0.39, 0.29) is 0 Å². The third-order valence-electron chi connectivity index (χ3n) is 4.97. The number of anilines is 2. The van der Waals surface area contributed by atoms with Crippen LogP contribution in [0.4, 0.5) is 11.8 Å². The first-order valence-electron chi connectivity index (χ1n) is 11.6. The van der Waals surface area contributed by atoms with Crippen molar-refractivity contribution in [1.29, 1.82) is 0 Å². The third-order valence-corrected chi connectivity index (χ3v) is 4.97. The summed E-state index contributed by atoms with van der Waals surface area (Å²) in [5.41, 5.74) is 1.17. The van der Waals surface area contributed by atoms with Gasteiger partial charge in [-0.25, -0.2) is 4.98 Å². The molecule has 1 aromatic heterocycles. The number of nitrogens with one attached hydrogen (secondary N) is 1. The Bertz CT molecular complexity index is 467. The summed E-state index contributed by atoms with van der Waals surface area (Å²) < 4.78 is 0. The Labute approximate surface area is 168 Å². The summed E-state index contributed by atoms with van der Waals surface area (Å²) in [6.45, 7) is 12.2. The number of hydrogen-bond donors (Lipinski definition) is 1. The number of nitrogens with zero attached hydrogens (tertiary/aromatic N) is 3. The quantitative estimate of drug-likeness (QED) is 0.311. The maximum atomic E-state index is 4.87. The monoisotopic (exact) mass is 376 g/mol.